The van der Waals surface area contributed by atoms with Gasteiger partial charge in [-0.05, 0) is 37.3 Å². The van der Waals surface area contributed by atoms with Crippen LogP contribution >= 0.6 is 0 Å². The number of rotatable bonds is 6. The summed E-state index contributed by atoms with van der Waals surface area (Å²) >= 11 is 0. The van der Waals surface area contributed by atoms with Crippen molar-refractivity contribution in [1.29, 1.82) is 0 Å². The smallest absolute Gasteiger partial charge is 0.119 e. The van der Waals surface area contributed by atoms with Gasteiger partial charge in [-0.3, -0.25) is 5.10 Å². The minimum atomic E-state index is 0.305. The van der Waals surface area contributed by atoms with E-state index in [9.17, 15) is 5.11 Å². The minimum absolute atomic E-state index is 0.305. The van der Waals surface area contributed by atoms with Crippen molar-refractivity contribution >= 4 is 0 Å². The lowest BCUT2D eigenvalue weighted by atomic mass is 10.1. The van der Waals surface area contributed by atoms with Crippen LogP contribution < -0.4 is 10.1 Å². The number of hydrogen-bond acceptors (Lipinski definition) is 4. The molecule has 1 fully saturated rings. The molecule has 1 aliphatic carbocycles. The summed E-state index contributed by atoms with van der Waals surface area (Å²) in [6, 6.07) is 8.47. The number of ether oxygens (including phenoxy) is 1. The summed E-state index contributed by atoms with van der Waals surface area (Å²) in [5, 5.41) is 20.1. The molecule has 2 atom stereocenters. The third-order valence-electron chi connectivity index (χ3n) is 4.46. The van der Waals surface area contributed by atoms with Gasteiger partial charge in [0.25, 0.3) is 0 Å². The molecule has 3 rings (SSSR count). The van der Waals surface area contributed by atoms with Crippen LogP contribution in [0.5, 0.6) is 5.75 Å². The molecule has 22 heavy (non-hydrogen) atoms. The lowest BCUT2D eigenvalue weighted by Gasteiger charge is -2.13. The lowest BCUT2D eigenvalue weighted by molar-refractivity contribution is 0.227. The molecule has 1 aromatic heterocycles. The van der Waals surface area contributed by atoms with Gasteiger partial charge in [0.1, 0.15) is 5.75 Å². The van der Waals surface area contributed by atoms with Crippen LogP contribution in [-0.2, 0) is 6.54 Å². The molecule has 1 saturated carbocycles. The summed E-state index contributed by atoms with van der Waals surface area (Å²) in [7, 11) is 1.67. The van der Waals surface area contributed by atoms with Gasteiger partial charge in [0, 0.05) is 30.3 Å². The molecule has 118 valence electrons. The molecular weight excluding hydrogens is 278 g/mol. The zero-order chi connectivity index (χ0) is 15.4. The quantitative estimate of drug-likeness (QED) is 0.766. The van der Waals surface area contributed by atoms with E-state index >= 15 is 0 Å². The molecule has 1 heterocycles. The molecule has 0 aliphatic heterocycles. The second-order valence-electron chi connectivity index (χ2n) is 5.94. The van der Waals surface area contributed by atoms with Gasteiger partial charge >= 0.3 is 0 Å². The molecular formula is C17H23N3O2. The fraction of sp³-hybridized carbons (Fsp3) is 0.471. The number of hydrogen-bond donors (Lipinski definition) is 3. The van der Waals surface area contributed by atoms with E-state index in [1.807, 2.05) is 24.4 Å². The maximum absolute atomic E-state index is 9.22. The van der Waals surface area contributed by atoms with Gasteiger partial charge in [-0.1, -0.05) is 12.1 Å². The number of aromatic nitrogens is 2. The van der Waals surface area contributed by atoms with Crippen molar-refractivity contribution in [2.45, 2.75) is 31.8 Å². The minimum Gasteiger partial charge on any atom is -0.497 e. The van der Waals surface area contributed by atoms with Gasteiger partial charge in [0.05, 0.1) is 19.0 Å². The molecule has 0 bridgehead atoms. The van der Waals surface area contributed by atoms with Gasteiger partial charge < -0.3 is 15.2 Å². The van der Waals surface area contributed by atoms with Gasteiger partial charge in [-0.2, -0.15) is 5.10 Å². The monoisotopic (exact) mass is 301 g/mol. The number of nitrogens with zero attached hydrogens (tertiary/aromatic N) is 1. The Balaban J connectivity index is 1.67. The zero-order valence-electron chi connectivity index (χ0n) is 12.9. The molecule has 0 radical (unpaired) electrons. The summed E-state index contributed by atoms with van der Waals surface area (Å²) in [6.07, 6.45) is 5.18. The van der Waals surface area contributed by atoms with Gasteiger partial charge in [-0.25, -0.2) is 0 Å². The SMILES string of the molecule is COc1cccc(-c2[nH]ncc2CN[C@H]2CC[C@@H](CO)C2)c1. The molecule has 0 unspecified atom stereocenters. The van der Waals surface area contributed by atoms with Crippen LogP contribution in [0.4, 0.5) is 0 Å². The van der Waals surface area contributed by atoms with Crippen molar-refractivity contribution in [2.24, 2.45) is 5.92 Å². The molecule has 3 N–H and O–H groups in total. The number of aliphatic hydroxyl groups is 1. The van der Waals surface area contributed by atoms with Crippen molar-refractivity contribution in [1.82, 2.24) is 15.5 Å². The number of aliphatic hydroxyl groups excluding tert-OH is 1. The molecule has 1 aliphatic rings. The number of nitrogens with one attached hydrogen (secondary N) is 2. The Kier molecular flexibility index (Phi) is 4.75. The predicted molar refractivity (Wildman–Crippen MR) is 85.6 cm³/mol. The van der Waals surface area contributed by atoms with Crippen molar-refractivity contribution < 1.29 is 9.84 Å². The summed E-state index contributed by atoms with van der Waals surface area (Å²) in [6.45, 7) is 1.09. The summed E-state index contributed by atoms with van der Waals surface area (Å²) in [4.78, 5) is 0. The Hall–Kier alpha value is -1.85. The highest BCUT2D eigenvalue weighted by atomic mass is 16.5. The van der Waals surface area contributed by atoms with E-state index in [0.29, 0.717) is 18.6 Å². The Morgan fingerprint density at radius 1 is 1.41 bits per heavy atom. The van der Waals surface area contributed by atoms with E-state index in [-0.39, 0.29) is 0 Å². The molecule has 0 spiro atoms. The normalized spacial score (nSPS) is 21.2. The predicted octanol–water partition coefficient (Wildman–Crippen LogP) is 2.34. The van der Waals surface area contributed by atoms with Gasteiger partial charge in [0.15, 0.2) is 0 Å². The fourth-order valence-electron chi connectivity index (χ4n) is 3.15. The first-order chi connectivity index (χ1) is 10.8. The number of aromatic amines is 1. The highest BCUT2D eigenvalue weighted by Crippen LogP contribution is 2.27. The first-order valence-corrected chi connectivity index (χ1v) is 7.81. The van der Waals surface area contributed by atoms with E-state index in [0.717, 1.165) is 48.4 Å². The van der Waals surface area contributed by atoms with Crippen LogP contribution in [0.15, 0.2) is 30.5 Å². The molecule has 0 saturated heterocycles. The van der Waals surface area contributed by atoms with E-state index in [4.69, 9.17) is 4.74 Å². The van der Waals surface area contributed by atoms with Gasteiger partial charge in [0.2, 0.25) is 0 Å². The van der Waals surface area contributed by atoms with Crippen molar-refractivity contribution in [3.63, 3.8) is 0 Å². The van der Waals surface area contributed by atoms with Crippen LogP contribution in [0, 0.1) is 5.92 Å². The highest BCUT2D eigenvalue weighted by molar-refractivity contribution is 5.64. The van der Waals surface area contributed by atoms with E-state index in [1.54, 1.807) is 7.11 Å². The summed E-state index contributed by atoms with van der Waals surface area (Å²) < 4.78 is 5.28. The zero-order valence-corrected chi connectivity index (χ0v) is 12.9. The first kappa shape index (κ1) is 15.1. The first-order valence-electron chi connectivity index (χ1n) is 7.81. The van der Waals surface area contributed by atoms with Gasteiger partial charge in [-0.15, -0.1) is 0 Å². The molecule has 1 aromatic carbocycles. The Bertz CT molecular complexity index is 611. The average molecular weight is 301 g/mol. The standard InChI is InChI=1S/C17H23N3O2/c1-22-16-4-2-3-13(8-16)17-14(10-19-20-17)9-18-15-6-5-12(7-15)11-21/h2-4,8,10,12,15,18,21H,5-7,9,11H2,1H3,(H,19,20)/t12-,15+/m1/s1. The highest BCUT2D eigenvalue weighted by Gasteiger charge is 2.23. The lowest BCUT2D eigenvalue weighted by Crippen LogP contribution is -2.26. The van der Waals surface area contributed by atoms with E-state index < -0.39 is 0 Å². The molecule has 5 heteroatoms. The van der Waals surface area contributed by atoms with Crippen LogP contribution in [0.1, 0.15) is 24.8 Å². The van der Waals surface area contributed by atoms with Crippen LogP contribution in [0.2, 0.25) is 0 Å². The maximum atomic E-state index is 9.22. The van der Waals surface area contributed by atoms with Crippen LogP contribution in [0.3, 0.4) is 0 Å². The van der Waals surface area contributed by atoms with E-state index in [2.05, 4.69) is 21.6 Å². The average Bonchev–Trinajstić information content (AvgIpc) is 3.21. The number of methoxy groups -OCH3 is 1. The fourth-order valence-corrected chi connectivity index (χ4v) is 3.15. The largest absolute Gasteiger partial charge is 0.497 e. The number of H-pyrrole nitrogens is 1. The summed E-state index contributed by atoms with van der Waals surface area (Å²) in [5.74, 6) is 1.30. The van der Waals surface area contributed by atoms with Crippen molar-refractivity contribution in [3.8, 4) is 17.0 Å². The molecule has 5 nitrogen and oxygen atoms in total. The van der Waals surface area contributed by atoms with Crippen molar-refractivity contribution in [2.75, 3.05) is 13.7 Å². The Morgan fingerprint density at radius 3 is 3.09 bits per heavy atom. The third kappa shape index (κ3) is 3.31. The van der Waals surface area contributed by atoms with E-state index in [1.165, 1.54) is 0 Å². The number of benzene rings is 1. The maximum Gasteiger partial charge on any atom is 0.119 e. The van der Waals surface area contributed by atoms with Crippen LogP contribution in [0.25, 0.3) is 11.3 Å². The van der Waals surface area contributed by atoms with Crippen molar-refractivity contribution in [3.05, 3.63) is 36.0 Å². The topological polar surface area (TPSA) is 70.2 Å². The Morgan fingerprint density at radius 2 is 2.32 bits per heavy atom. The van der Waals surface area contributed by atoms with Crippen LogP contribution in [-0.4, -0.2) is 35.1 Å². The third-order valence-corrected chi connectivity index (χ3v) is 4.46. The second-order valence-corrected chi connectivity index (χ2v) is 5.94. The second kappa shape index (κ2) is 6.94. The molecule has 0 amide bonds. The molecule has 2 aromatic rings. The summed E-state index contributed by atoms with van der Waals surface area (Å²) in [5.41, 5.74) is 3.26. The Labute approximate surface area is 130 Å².